The van der Waals surface area contributed by atoms with Crippen LogP contribution in [0.2, 0.25) is 0 Å². The van der Waals surface area contributed by atoms with E-state index in [0.29, 0.717) is 29.6 Å². The summed E-state index contributed by atoms with van der Waals surface area (Å²) in [5.41, 5.74) is 5.46. The Balaban J connectivity index is 1.44. The van der Waals surface area contributed by atoms with Gasteiger partial charge < -0.3 is 15.2 Å². The summed E-state index contributed by atoms with van der Waals surface area (Å²) >= 11 is 1.42. The molecule has 4 aromatic rings. The molecule has 1 aromatic heterocycles. The maximum atomic E-state index is 13.2. The minimum atomic E-state index is -0.312. The third-order valence-electron chi connectivity index (χ3n) is 6.31. The van der Waals surface area contributed by atoms with Crippen LogP contribution in [0, 0.1) is 13.8 Å². The first-order valence-corrected chi connectivity index (χ1v) is 13.9. The zero-order valence-corrected chi connectivity index (χ0v) is 23.5. The van der Waals surface area contributed by atoms with Gasteiger partial charge >= 0.3 is 0 Å². The van der Waals surface area contributed by atoms with Crippen molar-refractivity contribution in [2.75, 3.05) is 10.6 Å². The van der Waals surface area contributed by atoms with Crippen LogP contribution in [0.5, 0.6) is 0 Å². The van der Waals surface area contributed by atoms with Gasteiger partial charge in [-0.3, -0.25) is 9.59 Å². The lowest BCUT2D eigenvalue weighted by molar-refractivity contribution is -0.115. The molecule has 0 aliphatic carbocycles. The maximum absolute atomic E-state index is 13.2. The van der Waals surface area contributed by atoms with Gasteiger partial charge in [0.1, 0.15) is 0 Å². The van der Waals surface area contributed by atoms with E-state index < -0.39 is 0 Å². The van der Waals surface area contributed by atoms with Gasteiger partial charge in [0.15, 0.2) is 11.0 Å². The molecule has 1 atom stereocenters. The molecule has 2 N–H and O–H groups in total. The summed E-state index contributed by atoms with van der Waals surface area (Å²) in [5.74, 6) is 0.465. The molecule has 200 valence electrons. The highest BCUT2D eigenvalue weighted by atomic mass is 32.2. The summed E-state index contributed by atoms with van der Waals surface area (Å²) in [6, 6.07) is 23.2. The van der Waals surface area contributed by atoms with Crippen LogP contribution in [0.1, 0.15) is 37.0 Å². The zero-order chi connectivity index (χ0) is 27.8. The minimum Gasteiger partial charge on any atom is -0.325 e. The van der Waals surface area contributed by atoms with Gasteiger partial charge in [-0.2, -0.15) is 0 Å². The van der Waals surface area contributed by atoms with Crippen LogP contribution in [0.25, 0.3) is 17.5 Å². The van der Waals surface area contributed by atoms with Gasteiger partial charge in [0.05, 0.1) is 5.25 Å². The highest BCUT2D eigenvalue weighted by molar-refractivity contribution is 8.00. The van der Waals surface area contributed by atoms with Gasteiger partial charge in [-0.15, -0.1) is 10.2 Å². The predicted octanol–water partition coefficient (Wildman–Crippen LogP) is 6.74. The molecule has 0 bridgehead atoms. The first-order chi connectivity index (χ1) is 18.9. The highest BCUT2D eigenvalue weighted by Gasteiger charge is 2.23. The molecule has 4 rings (SSSR count). The lowest BCUT2D eigenvalue weighted by atomic mass is 10.1. The molecule has 1 unspecified atom stereocenters. The second-order valence-corrected chi connectivity index (χ2v) is 10.3. The summed E-state index contributed by atoms with van der Waals surface area (Å²) in [4.78, 5) is 25.5. The van der Waals surface area contributed by atoms with Crippen LogP contribution in [-0.2, 0) is 16.1 Å². The normalized spacial score (nSPS) is 11.9. The fourth-order valence-electron chi connectivity index (χ4n) is 4.16. The van der Waals surface area contributed by atoms with Crippen molar-refractivity contribution in [3.05, 3.63) is 95.6 Å². The quantitative estimate of drug-likeness (QED) is 0.172. The Kier molecular flexibility index (Phi) is 9.33. The third-order valence-corrected chi connectivity index (χ3v) is 7.66. The van der Waals surface area contributed by atoms with E-state index in [1.165, 1.54) is 17.8 Å². The van der Waals surface area contributed by atoms with Crippen molar-refractivity contribution >= 4 is 41.0 Å². The van der Waals surface area contributed by atoms with Gasteiger partial charge in [-0.05, 0) is 74.2 Å². The van der Waals surface area contributed by atoms with Crippen molar-refractivity contribution in [1.82, 2.24) is 14.8 Å². The van der Waals surface area contributed by atoms with Gasteiger partial charge in [-0.25, -0.2) is 0 Å². The van der Waals surface area contributed by atoms with Gasteiger partial charge in [0, 0.05) is 29.6 Å². The average molecular weight is 540 g/mol. The van der Waals surface area contributed by atoms with Crippen molar-refractivity contribution in [2.45, 2.75) is 51.1 Å². The van der Waals surface area contributed by atoms with Crippen molar-refractivity contribution in [1.29, 1.82) is 0 Å². The number of amides is 2. The summed E-state index contributed by atoms with van der Waals surface area (Å²) in [7, 11) is 0. The molecule has 0 radical (unpaired) electrons. The van der Waals surface area contributed by atoms with E-state index in [9.17, 15) is 9.59 Å². The Morgan fingerprint density at radius 1 is 0.897 bits per heavy atom. The predicted molar refractivity (Wildman–Crippen MR) is 160 cm³/mol. The molecule has 8 heteroatoms. The number of thioether (sulfide) groups is 1. The number of anilines is 2. The van der Waals surface area contributed by atoms with Crippen LogP contribution < -0.4 is 10.6 Å². The first-order valence-electron chi connectivity index (χ1n) is 13.0. The summed E-state index contributed by atoms with van der Waals surface area (Å²) in [5, 5.41) is 15.2. The molecular formula is C31H33N5O2S. The Labute approximate surface area is 233 Å². The Bertz CT molecular complexity index is 1440. The van der Waals surface area contributed by atoms with Gasteiger partial charge in [-0.1, -0.05) is 67.2 Å². The molecule has 0 aliphatic heterocycles. The van der Waals surface area contributed by atoms with E-state index in [1.807, 2.05) is 105 Å². The molecule has 0 saturated carbocycles. The van der Waals surface area contributed by atoms with Crippen LogP contribution >= 0.6 is 11.8 Å². The molecule has 0 spiro atoms. The summed E-state index contributed by atoms with van der Waals surface area (Å²) in [6.07, 6.45) is 3.94. The number of para-hydroxylation sites is 1. The minimum absolute atomic E-state index is 0.0477. The number of rotatable bonds is 10. The number of hydrogen-bond acceptors (Lipinski definition) is 5. The monoisotopic (exact) mass is 539 g/mol. The molecule has 0 aliphatic rings. The number of hydrogen-bond donors (Lipinski definition) is 2. The standard InChI is InChI=1S/C31H33N5O2S/c1-5-26(30(38)33-28-21(3)11-10-12-22(28)4)39-31-35-34-29(36(31)6-2)24-16-18-25(19-17-24)32-27(37)20-15-23-13-8-7-9-14-23/h7-20,26H,5-6H2,1-4H3,(H,32,37)(H,33,38)/b20-15+. The van der Waals surface area contributed by atoms with Crippen molar-refractivity contribution in [2.24, 2.45) is 0 Å². The number of carbonyl (C=O) groups is 2. The summed E-state index contributed by atoms with van der Waals surface area (Å²) in [6.45, 7) is 8.67. The van der Waals surface area contributed by atoms with Crippen LogP contribution in [0.3, 0.4) is 0 Å². The van der Waals surface area contributed by atoms with Crippen LogP contribution in [0.15, 0.2) is 84.0 Å². The van der Waals surface area contributed by atoms with Crippen molar-refractivity contribution < 1.29 is 9.59 Å². The molecule has 3 aromatic carbocycles. The van der Waals surface area contributed by atoms with E-state index in [-0.39, 0.29) is 17.1 Å². The first kappa shape index (κ1) is 27.9. The van der Waals surface area contributed by atoms with Crippen LogP contribution in [0.4, 0.5) is 11.4 Å². The average Bonchev–Trinajstić information content (AvgIpc) is 3.36. The second-order valence-electron chi connectivity index (χ2n) is 9.13. The fraction of sp³-hybridized carbons (Fsp3) is 0.226. The fourth-order valence-corrected chi connectivity index (χ4v) is 5.18. The lowest BCUT2D eigenvalue weighted by Crippen LogP contribution is -2.26. The molecule has 0 saturated heterocycles. The van der Waals surface area contributed by atoms with Gasteiger partial charge in [0.25, 0.3) is 0 Å². The SMILES string of the molecule is CCC(Sc1nnc(-c2ccc(NC(=O)/C=C/c3ccccc3)cc2)n1CC)C(=O)Nc1c(C)cccc1C. The molecule has 0 fully saturated rings. The van der Waals surface area contributed by atoms with E-state index in [4.69, 9.17) is 0 Å². The van der Waals surface area contributed by atoms with Crippen LogP contribution in [-0.4, -0.2) is 31.8 Å². The number of nitrogens with one attached hydrogen (secondary N) is 2. The molecule has 39 heavy (non-hydrogen) atoms. The maximum Gasteiger partial charge on any atom is 0.248 e. The number of carbonyl (C=O) groups excluding carboxylic acids is 2. The molecule has 2 amide bonds. The number of benzene rings is 3. The van der Waals surface area contributed by atoms with E-state index in [0.717, 1.165) is 27.9 Å². The second kappa shape index (κ2) is 13.1. The van der Waals surface area contributed by atoms with E-state index >= 15 is 0 Å². The van der Waals surface area contributed by atoms with E-state index in [1.54, 1.807) is 6.08 Å². The molecule has 7 nitrogen and oxygen atoms in total. The number of aryl methyl sites for hydroxylation is 2. The number of aromatic nitrogens is 3. The van der Waals surface area contributed by atoms with E-state index in [2.05, 4.69) is 20.8 Å². The number of nitrogens with zero attached hydrogens (tertiary/aromatic N) is 3. The van der Waals surface area contributed by atoms with Crippen molar-refractivity contribution in [3.8, 4) is 11.4 Å². The largest absolute Gasteiger partial charge is 0.325 e. The van der Waals surface area contributed by atoms with Gasteiger partial charge in [0.2, 0.25) is 11.8 Å². The Morgan fingerprint density at radius 2 is 1.59 bits per heavy atom. The Morgan fingerprint density at radius 3 is 2.23 bits per heavy atom. The zero-order valence-electron chi connectivity index (χ0n) is 22.6. The lowest BCUT2D eigenvalue weighted by Gasteiger charge is -2.17. The topological polar surface area (TPSA) is 88.9 Å². The highest BCUT2D eigenvalue weighted by Crippen LogP contribution is 2.30. The third kappa shape index (κ3) is 7.03. The molecular weight excluding hydrogens is 506 g/mol. The van der Waals surface area contributed by atoms with Crippen molar-refractivity contribution in [3.63, 3.8) is 0 Å². The smallest absolute Gasteiger partial charge is 0.248 e. The molecule has 1 heterocycles. The Hall–Kier alpha value is -4.17. The summed E-state index contributed by atoms with van der Waals surface area (Å²) < 4.78 is 2.01.